The van der Waals surface area contributed by atoms with Crippen molar-refractivity contribution < 1.29 is 0 Å². The van der Waals surface area contributed by atoms with Crippen LogP contribution in [0.3, 0.4) is 0 Å². The van der Waals surface area contributed by atoms with Crippen LogP contribution in [0.2, 0.25) is 0 Å². The maximum absolute atomic E-state index is 6.25. The summed E-state index contributed by atoms with van der Waals surface area (Å²) in [7, 11) is 1.86. The van der Waals surface area contributed by atoms with Gasteiger partial charge in [0.2, 0.25) is 0 Å². The van der Waals surface area contributed by atoms with Gasteiger partial charge in [-0.05, 0) is 31.5 Å². The first-order chi connectivity index (χ1) is 10.1. The van der Waals surface area contributed by atoms with E-state index in [4.69, 9.17) is 5.73 Å². The molecule has 3 aromatic rings. The summed E-state index contributed by atoms with van der Waals surface area (Å²) >= 11 is 0. The number of benzene rings is 1. The minimum Gasteiger partial charge on any atom is -0.383 e. The van der Waals surface area contributed by atoms with Gasteiger partial charge in [-0.1, -0.05) is 29.8 Å². The second kappa shape index (κ2) is 5.05. The maximum atomic E-state index is 6.25. The molecular formula is C17H18N4. The molecule has 0 aliphatic carbocycles. The van der Waals surface area contributed by atoms with E-state index in [2.05, 4.69) is 35.2 Å². The molecule has 3 rings (SSSR count). The molecule has 0 unspecified atom stereocenters. The molecule has 0 bridgehead atoms. The molecule has 0 radical (unpaired) electrons. The zero-order valence-electron chi connectivity index (χ0n) is 12.5. The van der Waals surface area contributed by atoms with Gasteiger partial charge >= 0.3 is 0 Å². The van der Waals surface area contributed by atoms with Crippen molar-refractivity contribution >= 4 is 5.82 Å². The Kier molecular flexibility index (Phi) is 3.22. The SMILES string of the molecule is Cc1cccc(-c2c(-c3cccnc3C)nn(C)c2N)c1. The molecule has 0 saturated carbocycles. The highest BCUT2D eigenvalue weighted by molar-refractivity contribution is 5.88. The smallest absolute Gasteiger partial charge is 0.129 e. The van der Waals surface area contributed by atoms with Gasteiger partial charge in [-0.25, -0.2) is 0 Å². The minimum atomic E-state index is 0.666. The zero-order valence-corrected chi connectivity index (χ0v) is 12.5. The molecule has 0 aliphatic heterocycles. The van der Waals surface area contributed by atoms with Gasteiger partial charge in [0.25, 0.3) is 0 Å². The van der Waals surface area contributed by atoms with Gasteiger partial charge in [0.05, 0.1) is 5.56 Å². The van der Waals surface area contributed by atoms with Crippen LogP contribution in [0.15, 0.2) is 42.6 Å². The predicted molar refractivity (Wildman–Crippen MR) is 85.8 cm³/mol. The fraction of sp³-hybridized carbons (Fsp3) is 0.176. The van der Waals surface area contributed by atoms with Crippen molar-refractivity contribution in [1.82, 2.24) is 14.8 Å². The van der Waals surface area contributed by atoms with Crippen molar-refractivity contribution in [2.75, 3.05) is 5.73 Å². The highest BCUT2D eigenvalue weighted by atomic mass is 15.3. The third-order valence-corrected chi connectivity index (χ3v) is 3.66. The second-order valence-corrected chi connectivity index (χ2v) is 5.24. The molecule has 0 spiro atoms. The zero-order chi connectivity index (χ0) is 15.0. The fourth-order valence-corrected chi connectivity index (χ4v) is 2.55. The quantitative estimate of drug-likeness (QED) is 0.782. The molecule has 2 heterocycles. The van der Waals surface area contributed by atoms with Gasteiger partial charge in [-0.3, -0.25) is 9.67 Å². The monoisotopic (exact) mass is 278 g/mol. The van der Waals surface area contributed by atoms with Crippen molar-refractivity contribution in [3.63, 3.8) is 0 Å². The van der Waals surface area contributed by atoms with Crippen molar-refractivity contribution in [2.45, 2.75) is 13.8 Å². The number of aryl methyl sites for hydroxylation is 3. The topological polar surface area (TPSA) is 56.7 Å². The normalized spacial score (nSPS) is 10.8. The van der Waals surface area contributed by atoms with Crippen molar-refractivity contribution in [1.29, 1.82) is 0 Å². The van der Waals surface area contributed by atoms with Gasteiger partial charge < -0.3 is 5.73 Å². The number of hydrogen-bond acceptors (Lipinski definition) is 3. The molecule has 2 N–H and O–H groups in total. The Labute approximate surface area is 124 Å². The Hall–Kier alpha value is -2.62. The Morgan fingerprint density at radius 3 is 2.62 bits per heavy atom. The first kappa shape index (κ1) is 13.4. The molecule has 4 nitrogen and oxygen atoms in total. The first-order valence-corrected chi connectivity index (χ1v) is 6.89. The summed E-state index contributed by atoms with van der Waals surface area (Å²) in [4.78, 5) is 4.36. The lowest BCUT2D eigenvalue weighted by Gasteiger charge is -2.07. The lowest BCUT2D eigenvalue weighted by atomic mass is 9.99. The van der Waals surface area contributed by atoms with E-state index in [1.807, 2.05) is 32.2 Å². The molecule has 0 saturated heterocycles. The van der Waals surface area contributed by atoms with Crippen LogP contribution in [-0.4, -0.2) is 14.8 Å². The lowest BCUT2D eigenvalue weighted by molar-refractivity contribution is 0.782. The van der Waals surface area contributed by atoms with Crippen molar-refractivity contribution in [3.05, 3.63) is 53.9 Å². The van der Waals surface area contributed by atoms with Crippen LogP contribution in [-0.2, 0) is 7.05 Å². The highest BCUT2D eigenvalue weighted by Gasteiger charge is 2.18. The van der Waals surface area contributed by atoms with E-state index in [1.165, 1.54) is 5.56 Å². The van der Waals surface area contributed by atoms with Crippen LogP contribution < -0.4 is 5.73 Å². The van der Waals surface area contributed by atoms with Crippen LogP contribution in [0.5, 0.6) is 0 Å². The van der Waals surface area contributed by atoms with Gasteiger partial charge in [0, 0.05) is 24.5 Å². The molecule has 0 aliphatic rings. The first-order valence-electron chi connectivity index (χ1n) is 6.89. The number of pyridine rings is 1. The number of nitrogens with two attached hydrogens (primary N) is 1. The van der Waals surface area contributed by atoms with Crippen LogP contribution in [0, 0.1) is 13.8 Å². The van der Waals surface area contributed by atoms with E-state index in [9.17, 15) is 0 Å². The number of rotatable bonds is 2. The second-order valence-electron chi connectivity index (χ2n) is 5.24. The maximum Gasteiger partial charge on any atom is 0.129 e. The van der Waals surface area contributed by atoms with E-state index >= 15 is 0 Å². The molecule has 4 heteroatoms. The number of anilines is 1. The summed E-state index contributed by atoms with van der Waals surface area (Å²) in [5.74, 6) is 0.666. The van der Waals surface area contributed by atoms with E-state index in [-0.39, 0.29) is 0 Å². The van der Waals surface area contributed by atoms with Crippen molar-refractivity contribution in [2.24, 2.45) is 7.05 Å². The number of aromatic nitrogens is 3. The summed E-state index contributed by atoms with van der Waals surface area (Å²) < 4.78 is 1.72. The van der Waals surface area contributed by atoms with Crippen LogP contribution in [0.25, 0.3) is 22.4 Å². The summed E-state index contributed by atoms with van der Waals surface area (Å²) in [6.45, 7) is 4.06. The molecule has 21 heavy (non-hydrogen) atoms. The average Bonchev–Trinajstić information content (AvgIpc) is 2.75. The molecule has 2 aromatic heterocycles. The standard InChI is InChI=1S/C17H18N4/c1-11-6-4-7-13(10-11)15-16(20-21(3)17(15)18)14-8-5-9-19-12(14)2/h4-10H,18H2,1-3H3. The van der Waals surface area contributed by atoms with Gasteiger partial charge in [-0.15, -0.1) is 0 Å². The molecule has 1 aromatic carbocycles. The van der Waals surface area contributed by atoms with Crippen LogP contribution in [0.4, 0.5) is 5.82 Å². The van der Waals surface area contributed by atoms with Gasteiger partial charge in [0.15, 0.2) is 0 Å². The summed E-state index contributed by atoms with van der Waals surface area (Å²) in [5, 5.41) is 4.60. The number of nitrogen functional groups attached to an aromatic ring is 1. The molecule has 0 atom stereocenters. The Morgan fingerprint density at radius 1 is 1.10 bits per heavy atom. The summed E-state index contributed by atoms with van der Waals surface area (Å²) in [6, 6.07) is 12.3. The Balaban J connectivity index is 2.29. The fourth-order valence-electron chi connectivity index (χ4n) is 2.55. The lowest BCUT2D eigenvalue weighted by Crippen LogP contribution is -1.98. The third-order valence-electron chi connectivity index (χ3n) is 3.66. The predicted octanol–water partition coefficient (Wildman–Crippen LogP) is 3.35. The Morgan fingerprint density at radius 2 is 1.90 bits per heavy atom. The van der Waals surface area contributed by atoms with E-state index in [1.54, 1.807) is 10.9 Å². The summed E-state index contributed by atoms with van der Waals surface area (Å²) in [6.07, 6.45) is 1.79. The summed E-state index contributed by atoms with van der Waals surface area (Å²) in [5.41, 5.74) is 12.3. The van der Waals surface area contributed by atoms with E-state index in [0.29, 0.717) is 5.82 Å². The molecular weight excluding hydrogens is 260 g/mol. The van der Waals surface area contributed by atoms with Crippen molar-refractivity contribution in [3.8, 4) is 22.4 Å². The third kappa shape index (κ3) is 2.29. The molecule has 0 amide bonds. The van der Waals surface area contributed by atoms with Crippen LogP contribution in [0.1, 0.15) is 11.3 Å². The van der Waals surface area contributed by atoms with Crippen LogP contribution >= 0.6 is 0 Å². The minimum absolute atomic E-state index is 0.666. The highest BCUT2D eigenvalue weighted by Crippen LogP contribution is 2.36. The average molecular weight is 278 g/mol. The van der Waals surface area contributed by atoms with E-state index < -0.39 is 0 Å². The largest absolute Gasteiger partial charge is 0.383 e. The molecule has 106 valence electrons. The van der Waals surface area contributed by atoms with Gasteiger partial charge in [0.1, 0.15) is 11.5 Å². The number of nitrogens with zero attached hydrogens (tertiary/aromatic N) is 3. The Bertz CT molecular complexity index is 802. The molecule has 0 fully saturated rings. The van der Waals surface area contributed by atoms with Gasteiger partial charge in [-0.2, -0.15) is 5.10 Å². The van der Waals surface area contributed by atoms with E-state index in [0.717, 1.165) is 28.1 Å². The number of hydrogen-bond donors (Lipinski definition) is 1.